The third-order valence-corrected chi connectivity index (χ3v) is 5.51. The Kier molecular flexibility index (Phi) is 6.72. The van der Waals surface area contributed by atoms with Crippen molar-refractivity contribution < 1.29 is 9.47 Å². The van der Waals surface area contributed by atoms with Crippen molar-refractivity contribution in [2.24, 2.45) is 10.4 Å². The summed E-state index contributed by atoms with van der Waals surface area (Å²) < 4.78 is 10.8. The van der Waals surface area contributed by atoms with Crippen molar-refractivity contribution in [3.8, 4) is 5.88 Å². The minimum absolute atomic E-state index is 0.499. The van der Waals surface area contributed by atoms with E-state index in [0.29, 0.717) is 31.1 Å². The first-order valence-electron chi connectivity index (χ1n) is 9.85. The number of aromatic nitrogens is 1. The summed E-state index contributed by atoms with van der Waals surface area (Å²) in [5.41, 5.74) is 1.55. The number of pyridine rings is 1. The van der Waals surface area contributed by atoms with Crippen LogP contribution in [-0.4, -0.2) is 55.8 Å². The van der Waals surface area contributed by atoms with E-state index in [2.05, 4.69) is 22.1 Å². The van der Waals surface area contributed by atoms with Crippen molar-refractivity contribution in [2.75, 3.05) is 40.0 Å². The fourth-order valence-corrected chi connectivity index (χ4v) is 4.13. The molecule has 0 amide bonds. The molecule has 0 unspecified atom stereocenters. The van der Waals surface area contributed by atoms with Crippen LogP contribution in [0.2, 0.25) is 0 Å². The zero-order chi connectivity index (χ0) is 18.2. The Morgan fingerprint density at radius 3 is 2.92 bits per heavy atom. The molecule has 1 spiro atoms. The minimum Gasteiger partial charge on any atom is -0.475 e. The normalized spacial score (nSPS) is 19.3. The van der Waals surface area contributed by atoms with Gasteiger partial charge in [0.1, 0.15) is 6.61 Å². The third-order valence-electron chi connectivity index (χ3n) is 5.51. The average Bonchev–Trinajstić information content (AvgIpc) is 3.30. The number of methoxy groups -OCH3 is 1. The highest BCUT2D eigenvalue weighted by atomic mass is 16.5. The Morgan fingerprint density at radius 1 is 1.31 bits per heavy atom. The van der Waals surface area contributed by atoms with Crippen LogP contribution in [-0.2, 0) is 11.3 Å². The van der Waals surface area contributed by atoms with Gasteiger partial charge in [0.05, 0.1) is 13.2 Å². The van der Waals surface area contributed by atoms with E-state index in [1.54, 1.807) is 13.3 Å². The van der Waals surface area contributed by atoms with Crippen LogP contribution in [0.4, 0.5) is 0 Å². The molecule has 1 saturated heterocycles. The first-order valence-corrected chi connectivity index (χ1v) is 9.85. The average molecular weight is 361 g/mol. The lowest BCUT2D eigenvalue weighted by molar-refractivity contribution is 0.143. The number of aliphatic imine (C=N–C) groups is 1. The molecule has 1 aliphatic carbocycles. The molecule has 144 valence electrons. The first-order chi connectivity index (χ1) is 12.8. The van der Waals surface area contributed by atoms with Gasteiger partial charge in [-0.3, -0.25) is 0 Å². The Morgan fingerprint density at radius 2 is 2.15 bits per heavy atom. The van der Waals surface area contributed by atoms with Crippen molar-refractivity contribution in [2.45, 2.75) is 45.6 Å². The number of hydrogen-bond donors (Lipinski definition) is 1. The van der Waals surface area contributed by atoms with E-state index in [-0.39, 0.29) is 0 Å². The molecule has 1 aromatic rings. The lowest BCUT2D eigenvalue weighted by Gasteiger charge is -2.26. The zero-order valence-corrected chi connectivity index (χ0v) is 16.2. The van der Waals surface area contributed by atoms with E-state index in [9.17, 15) is 0 Å². The van der Waals surface area contributed by atoms with Gasteiger partial charge in [0.2, 0.25) is 5.88 Å². The van der Waals surface area contributed by atoms with Gasteiger partial charge in [0.15, 0.2) is 5.96 Å². The van der Waals surface area contributed by atoms with Gasteiger partial charge in [-0.1, -0.05) is 18.9 Å². The number of nitrogens with one attached hydrogen (secondary N) is 1. The van der Waals surface area contributed by atoms with Crippen molar-refractivity contribution in [3.05, 3.63) is 23.9 Å². The molecule has 0 radical (unpaired) electrons. The molecule has 3 rings (SSSR count). The maximum Gasteiger partial charge on any atom is 0.218 e. The van der Waals surface area contributed by atoms with Gasteiger partial charge < -0.3 is 19.7 Å². The van der Waals surface area contributed by atoms with Crippen LogP contribution in [0.3, 0.4) is 0 Å². The molecular formula is C20H32N4O2. The third kappa shape index (κ3) is 4.67. The van der Waals surface area contributed by atoms with Gasteiger partial charge >= 0.3 is 0 Å². The highest BCUT2D eigenvalue weighted by molar-refractivity contribution is 5.80. The van der Waals surface area contributed by atoms with Gasteiger partial charge in [0.25, 0.3) is 0 Å². The van der Waals surface area contributed by atoms with E-state index in [4.69, 9.17) is 14.5 Å². The number of ether oxygens (including phenoxy) is 2. The maximum atomic E-state index is 5.73. The molecule has 6 nitrogen and oxygen atoms in total. The number of nitrogens with zero attached hydrogens (tertiary/aromatic N) is 3. The molecule has 0 aromatic carbocycles. The van der Waals surface area contributed by atoms with Gasteiger partial charge in [-0.2, -0.15) is 0 Å². The van der Waals surface area contributed by atoms with E-state index in [1.165, 1.54) is 32.1 Å². The molecule has 0 atom stereocenters. The highest BCUT2D eigenvalue weighted by Crippen LogP contribution is 2.45. The molecule has 1 aliphatic heterocycles. The van der Waals surface area contributed by atoms with E-state index >= 15 is 0 Å². The van der Waals surface area contributed by atoms with Crippen LogP contribution in [0.25, 0.3) is 0 Å². The second-order valence-electron chi connectivity index (χ2n) is 7.36. The Bertz CT molecular complexity index is 599. The lowest BCUT2D eigenvalue weighted by atomic mass is 9.86. The smallest absolute Gasteiger partial charge is 0.218 e. The standard InChI is InChI=1S/C20H32N4O2/c1-3-21-19(24-12-10-20(16-24)8-4-5-9-20)23-15-17-7-6-11-22-18(17)26-14-13-25-2/h6-7,11H,3-5,8-10,12-16H2,1-2H3,(H,21,23). The largest absolute Gasteiger partial charge is 0.475 e. The topological polar surface area (TPSA) is 59.0 Å². The van der Waals surface area contributed by atoms with Crippen molar-refractivity contribution in [1.29, 1.82) is 0 Å². The summed E-state index contributed by atoms with van der Waals surface area (Å²) >= 11 is 0. The van der Waals surface area contributed by atoms with Gasteiger partial charge in [-0.05, 0) is 37.7 Å². The summed E-state index contributed by atoms with van der Waals surface area (Å²) in [4.78, 5) is 11.7. The summed E-state index contributed by atoms with van der Waals surface area (Å²) in [5, 5.41) is 3.47. The Labute approximate surface area is 157 Å². The Hall–Kier alpha value is -1.82. The second-order valence-corrected chi connectivity index (χ2v) is 7.36. The molecule has 2 fully saturated rings. The molecule has 1 saturated carbocycles. The molecule has 26 heavy (non-hydrogen) atoms. The summed E-state index contributed by atoms with van der Waals surface area (Å²) in [6.45, 7) is 6.88. The van der Waals surface area contributed by atoms with E-state index < -0.39 is 0 Å². The summed E-state index contributed by atoms with van der Waals surface area (Å²) in [6.07, 6.45) is 8.59. The number of rotatable bonds is 7. The monoisotopic (exact) mass is 360 g/mol. The van der Waals surface area contributed by atoms with Crippen molar-refractivity contribution in [3.63, 3.8) is 0 Å². The predicted octanol–water partition coefficient (Wildman–Crippen LogP) is 2.84. The molecular weight excluding hydrogens is 328 g/mol. The highest BCUT2D eigenvalue weighted by Gasteiger charge is 2.41. The van der Waals surface area contributed by atoms with Gasteiger partial charge in [-0.25, -0.2) is 9.98 Å². The first kappa shape index (κ1) is 19.0. The number of likely N-dealkylation sites (tertiary alicyclic amines) is 1. The fourth-order valence-electron chi connectivity index (χ4n) is 4.13. The molecule has 2 aliphatic rings. The molecule has 6 heteroatoms. The van der Waals surface area contributed by atoms with Crippen LogP contribution in [0.5, 0.6) is 5.88 Å². The summed E-state index contributed by atoms with van der Waals surface area (Å²) in [7, 11) is 1.67. The van der Waals surface area contributed by atoms with Crippen LogP contribution in [0.1, 0.15) is 44.6 Å². The molecule has 1 aromatic heterocycles. The van der Waals surface area contributed by atoms with Crippen LogP contribution < -0.4 is 10.1 Å². The van der Waals surface area contributed by atoms with E-state index in [0.717, 1.165) is 31.2 Å². The quantitative estimate of drug-likeness (QED) is 0.460. The van der Waals surface area contributed by atoms with Crippen molar-refractivity contribution >= 4 is 5.96 Å². The lowest BCUT2D eigenvalue weighted by Crippen LogP contribution is -2.41. The SMILES string of the molecule is CCNC(=NCc1cccnc1OCCOC)N1CCC2(CCCC2)C1. The number of guanidine groups is 1. The minimum atomic E-state index is 0.499. The molecule has 2 heterocycles. The van der Waals surface area contributed by atoms with Crippen LogP contribution in [0.15, 0.2) is 23.3 Å². The fraction of sp³-hybridized carbons (Fsp3) is 0.700. The Balaban J connectivity index is 1.66. The van der Waals surface area contributed by atoms with Crippen LogP contribution in [0, 0.1) is 5.41 Å². The second kappa shape index (κ2) is 9.21. The van der Waals surface area contributed by atoms with Crippen LogP contribution >= 0.6 is 0 Å². The molecule has 1 N–H and O–H groups in total. The summed E-state index contributed by atoms with van der Waals surface area (Å²) in [6, 6.07) is 3.97. The summed E-state index contributed by atoms with van der Waals surface area (Å²) in [5.74, 6) is 1.67. The van der Waals surface area contributed by atoms with E-state index in [1.807, 2.05) is 12.1 Å². The van der Waals surface area contributed by atoms with Gasteiger partial charge in [-0.15, -0.1) is 0 Å². The maximum absolute atomic E-state index is 5.73. The van der Waals surface area contributed by atoms with Crippen molar-refractivity contribution in [1.82, 2.24) is 15.2 Å². The molecule has 0 bridgehead atoms. The zero-order valence-electron chi connectivity index (χ0n) is 16.2. The number of hydrogen-bond acceptors (Lipinski definition) is 4. The van der Waals surface area contributed by atoms with Gasteiger partial charge in [0, 0.05) is 38.5 Å². The predicted molar refractivity (Wildman–Crippen MR) is 104 cm³/mol.